The number of sulfonamides is 1. The van der Waals surface area contributed by atoms with Gasteiger partial charge in [0.1, 0.15) is 5.82 Å². The number of nitrogens with zero attached hydrogens (tertiary/aromatic N) is 1. The molecule has 0 saturated heterocycles. The van der Waals surface area contributed by atoms with Gasteiger partial charge in [0.05, 0.1) is 4.90 Å². The van der Waals surface area contributed by atoms with Crippen LogP contribution in [-0.2, 0) is 10.0 Å². The number of hydrogen-bond acceptors (Lipinski definition) is 5. The Balaban J connectivity index is 2.69. The van der Waals surface area contributed by atoms with E-state index < -0.39 is 10.0 Å². The van der Waals surface area contributed by atoms with Crippen LogP contribution in [0.25, 0.3) is 0 Å². The van der Waals surface area contributed by atoms with Crippen LogP contribution in [0.1, 0.15) is 20.3 Å². The van der Waals surface area contributed by atoms with Gasteiger partial charge in [0.15, 0.2) is 0 Å². The standard InChI is InChI=1S/C12H21N3O2S2/c1-4-18-8-6-10(2)15-19(16,17)11-5-7-14-12(9-11)13-3/h5,7,9-10,15H,4,6,8H2,1-3H3,(H,13,14). The summed E-state index contributed by atoms with van der Waals surface area (Å²) in [5, 5.41) is 2.83. The molecule has 2 N–H and O–H groups in total. The molecule has 0 fully saturated rings. The Hall–Kier alpha value is -0.790. The minimum atomic E-state index is -3.47. The quantitative estimate of drug-likeness (QED) is 0.718. The predicted octanol–water partition coefficient (Wildman–Crippen LogP) is 1.93. The Kier molecular flexibility index (Phi) is 6.60. The third-order valence-electron chi connectivity index (χ3n) is 2.55. The molecule has 1 aromatic rings. The van der Waals surface area contributed by atoms with Crippen LogP contribution in [0.5, 0.6) is 0 Å². The highest BCUT2D eigenvalue weighted by molar-refractivity contribution is 7.99. The molecule has 1 aromatic heterocycles. The topological polar surface area (TPSA) is 71.1 Å². The van der Waals surface area contributed by atoms with E-state index in [4.69, 9.17) is 0 Å². The lowest BCUT2D eigenvalue weighted by Crippen LogP contribution is -2.33. The first-order valence-corrected chi connectivity index (χ1v) is 8.87. The number of rotatable bonds is 8. The molecule has 0 saturated carbocycles. The number of thioether (sulfide) groups is 1. The van der Waals surface area contributed by atoms with Crippen molar-refractivity contribution in [1.82, 2.24) is 9.71 Å². The van der Waals surface area contributed by atoms with Crippen molar-refractivity contribution in [2.75, 3.05) is 23.9 Å². The number of anilines is 1. The monoisotopic (exact) mass is 303 g/mol. The molecule has 108 valence electrons. The fourth-order valence-corrected chi connectivity index (χ4v) is 3.61. The van der Waals surface area contributed by atoms with E-state index in [9.17, 15) is 8.42 Å². The van der Waals surface area contributed by atoms with E-state index >= 15 is 0 Å². The van der Waals surface area contributed by atoms with E-state index in [-0.39, 0.29) is 10.9 Å². The summed E-state index contributed by atoms with van der Waals surface area (Å²) in [7, 11) is -1.76. The molecule has 7 heteroatoms. The van der Waals surface area contributed by atoms with E-state index in [0.29, 0.717) is 5.82 Å². The van der Waals surface area contributed by atoms with Gasteiger partial charge in [0, 0.05) is 25.4 Å². The first-order valence-electron chi connectivity index (χ1n) is 6.23. The Bertz CT molecular complexity index is 492. The van der Waals surface area contributed by atoms with Gasteiger partial charge in [-0.1, -0.05) is 6.92 Å². The molecule has 5 nitrogen and oxygen atoms in total. The molecule has 0 spiro atoms. The van der Waals surface area contributed by atoms with Crippen LogP contribution in [0.2, 0.25) is 0 Å². The molecule has 0 aliphatic heterocycles. The number of hydrogen-bond donors (Lipinski definition) is 2. The van der Waals surface area contributed by atoms with Crippen molar-refractivity contribution in [3.05, 3.63) is 18.3 Å². The zero-order valence-electron chi connectivity index (χ0n) is 11.5. The van der Waals surface area contributed by atoms with Gasteiger partial charge in [-0.05, 0) is 30.9 Å². The zero-order valence-corrected chi connectivity index (χ0v) is 13.1. The molecular weight excluding hydrogens is 282 g/mol. The van der Waals surface area contributed by atoms with Crippen LogP contribution >= 0.6 is 11.8 Å². The van der Waals surface area contributed by atoms with Gasteiger partial charge < -0.3 is 5.32 Å². The first kappa shape index (κ1) is 16.3. The second kappa shape index (κ2) is 7.72. The fraction of sp³-hybridized carbons (Fsp3) is 0.583. The average Bonchev–Trinajstić information content (AvgIpc) is 2.38. The molecule has 0 amide bonds. The minimum absolute atomic E-state index is 0.0738. The van der Waals surface area contributed by atoms with Gasteiger partial charge >= 0.3 is 0 Å². The molecule has 1 unspecified atom stereocenters. The molecule has 19 heavy (non-hydrogen) atoms. The predicted molar refractivity (Wildman–Crippen MR) is 81.2 cm³/mol. The molecule has 0 radical (unpaired) electrons. The summed E-state index contributed by atoms with van der Waals surface area (Å²) in [6, 6.07) is 2.95. The van der Waals surface area contributed by atoms with Crippen molar-refractivity contribution in [2.24, 2.45) is 0 Å². The van der Waals surface area contributed by atoms with Crippen LogP contribution in [0.4, 0.5) is 5.82 Å². The van der Waals surface area contributed by atoms with Crippen molar-refractivity contribution >= 4 is 27.6 Å². The highest BCUT2D eigenvalue weighted by Gasteiger charge is 2.17. The molecule has 0 aliphatic carbocycles. The van der Waals surface area contributed by atoms with Crippen molar-refractivity contribution < 1.29 is 8.42 Å². The van der Waals surface area contributed by atoms with Gasteiger partial charge in [-0.3, -0.25) is 0 Å². The second-order valence-electron chi connectivity index (χ2n) is 4.13. The number of nitrogens with one attached hydrogen (secondary N) is 2. The maximum Gasteiger partial charge on any atom is 0.240 e. The Morgan fingerprint density at radius 1 is 1.47 bits per heavy atom. The Labute approximate surface area is 119 Å². The maximum absolute atomic E-state index is 12.2. The smallest absolute Gasteiger partial charge is 0.240 e. The highest BCUT2D eigenvalue weighted by atomic mass is 32.2. The van der Waals surface area contributed by atoms with Crippen LogP contribution in [0, 0.1) is 0 Å². The summed E-state index contributed by atoms with van der Waals surface area (Å²) in [4.78, 5) is 4.24. The van der Waals surface area contributed by atoms with Crippen molar-refractivity contribution in [3.8, 4) is 0 Å². The summed E-state index contributed by atoms with van der Waals surface area (Å²) < 4.78 is 27.0. The van der Waals surface area contributed by atoms with Crippen LogP contribution in [0.15, 0.2) is 23.2 Å². The minimum Gasteiger partial charge on any atom is -0.373 e. The molecular formula is C12H21N3O2S2. The Morgan fingerprint density at radius 3 is 2.84 bits per heavy atom. The maximum atomic E-state index is 12.2. The normalized spacial score (nSPS) is 13.2. The van der Waals surface area contributed by atoms with E-state index in [1.807, 2.05) is 18.7 Å². The van der Waals surface area contributed by atoms with E-state index in [0.717, 1.165) is 17.9 Å². The summed E-state index contributed by atoms with van der Waals surface area (Å²) >= 11 is 1.81. The van der Waals surface area contributed by atoms with Gasteiger partial charge in [-0.15, -0.1) is 0 Å². The van der Waals surface area contributed by atoms with Crippen LogP contribution < -0.4 is 10.0 Å². The van der Waals surface area contributed by atoms with Gasteiger partial charge in [-0.2, -0.15) is 11.8 Å². The molecule has 0 aromatic carbocycles. The first-order chi connectivity index (χ1) is 8.99. The van der Waals surface area contributed by atoms with Crippen LogP contribution in [-0.4, -0.2) is 38.0 Å². The van der Waals surface area contributed by atoms with Gasteiger partial charge in [0.2, 0.25) is 10.0 Å². The number of pyridine rings is 1. The molecule has 0 bridgehead atoms. The molecule has 0 aliphatic rings. The summed E-state index contributed by atoms with van der Waals surface area (Å²) in [6.45, 7) is 3.98. The van der Waals surface area contributed by atoms with E-state index in [1.54, 1.807) is 7.05 Å². The van der Waals surface area contributed by atoms with Crippen molar-refractivity contribution in [3.63, 3.8) is 0 Å². The summed E-state index contributed by atoms with van der Waals surface area (Å²) in [6.07, 6.45) is 2.31. The largest absolute Gasteiger partial charge is 0.373 e. The van der Waals surface area contributed by atoms with Crippen LogP contribution in [0.3, 0.4) is 0 Å². The van der Waals surface area contributed by atoms with Gasteiger partial charge in [0.25, 0.3) is 0 Å². The van der Waals surface area contributed by atoms with Gasteiger partial charge in [-0.25, -0.2) is 18.1 Å². The van der Waals surface area contributed by atoms with E-state index in [2.05, 4.69) is 21.9 Å². The van der Waals surface area contributed by atoms with Crippen molar-refractivity contribution in [2.45, 2.75) is 31.2 Å². The Morgan fingerprint density at radius 2 is 2.21 bits per heavy atom. The lowest BCUT2D eigenvalue weighted by Gasteiger charge is -2.14. The average molecular weight is 303 g/mol. The van der Waals surface area contributed by atoms with Crippen molar-refractivity contribution in [1.29, 1.82) is 0 Å². The lowest BCUT2D eigenvalue weighted by molar-refractivity contribution is 0.557. The number of aromatic nitrogens is 1. The summed E-state index contributed by atoms with van der Waals surface area (Å²) in [5.41, 5.74) is 0. The SMILES string of the molecule is CCSCCC(C)NS(=O)(=O)c1ccnc(NC)c1. The molecule has 1 heterocycles. The lowest BCUT2D eigenvalue weighted by atomic mass is 10.3. The highest BCUT2D eigenvalue weighted by Crippen LogP contribution is 2.13. The van der Waals surface area contributed by atoms with E-state index in [1.165, 1.54) is 18.3 Å². The summed E-state index contributed by atoms with van der Waals surface area (Å²) in [5.74, 6) is 2.55. The molecule has 1 rings (SSSR count). The fourth-order valence-electron chi connectivity index (χ4n) is 1.51. The third kappa shape index (κ3) is 5.38. The molecule has 1 atom stereocenters. The third-order valence-corrected chi connectivity index (χ3v) is 5.07. The second-order valence-corrected chi connectivity index (χ2v) is 7.24. The zero-order chi connectivity index (χ0) is 14.3.